The Morgan fingerprint density at radius 1 is 1.56 bits per heavy atom. The van der Waals surface area contributed by atoms with Crippen molar-refractivity contribution in [1.82, 2.24) is 9.38 Å². The maximum atomic E-state index is 11.5. The molecule has 5 heteroatoms. The summed E-state index contributed by atoms with van der Waals surface area (Å²) in [5, 5.41) is 0. The van der Waals surface area contributed by atoms with Gasteiger partial charge in [0.25, 0.3) is 0 Å². The number of nitrogens with zero attached hydrogens (tertiary/aromatic N) is 2. The van der Waals surface area contributed by atoms with E-state index < -0.39 is 0 Å². The Bertz CT molecular complexity index is 590. The summed E-state index contributed by atoms with van der Waals surface area (Å²) in [4.78, 5) is 16.0. The average Bonchev–Trinajstić information content (AvgIpc) is 2.64. The third-order valence-corrected chi connectivity index (χ3v) is 3.27. The fraction of sp³-hybridized carbons (Fsp3) is 0.385. The van der Waals surface area contributed by atoms with Crippen LogP contribution in [0.4, 0.5) is 0 Å². The van der Waals surface area contributed by atoms with Crippen LogP contribution < -0.4 is 0 Å². The van der Waals surface area contributed by atoms with Crippen LogP contribution in [0.5, 0.6) is 0 Å². The molecule has 0 unspecified atom stereocenters. The van der Waals surface area contributed by atoms with Gasteiger partial charge in [-0.3, -0.25) is 0 Å². The van der Waals surface area contributed by atoms with E-state index in [0.717, 1.165) is 22.4 Å². The second-order valence-corrected chi connectivity index (χ2v) is 5.33. The molecule has 96 valence electrons. The highest BCUT2D eigenvalue weighted by Gasteiger charge is 2.13. The highest BCUT2D eigenvalue weighted by atomic mass is 79.9. The molecule has 2 rings (SSSR count). The molecule has 0 aliphatic carbocycles. The van der Waals surface area contributed by atoms with Gasteiger partial charge in [-0.2, -0.15) is 0 Å². The van der Waals surface area contributed by atoms with E-state index in [1.54, 1.807) is 12.1 Å². The van der Waals surface area contributed by atoms with Crippen molar-refractivity contribution in [1.29, 1.82) is 0 Å². The van der Waals surface area contributed by atoms with E-state index in [1.807, 2.05) is 10.6 Å². The van der Waals surface area contributed by atoms with E-state index in [2.05, 4.69) is 34.8 Å². The molecule has 0 spiro atoms. The van der Waals surface area contributed by atoms with E-state index in [4.69, 9.17) is 4.74 Å². The summed E-state index contributed by atoms with van der Waals surface area (Å²) < 4.78 is 7.46. The van der Waals surface area contributed by atoms with Gasteiger partial charge in [-0.1, -0.05) is 13.8 Å². The molecule has 18 heavy (non-hydrogen) atoms. The van der Waals surface area contributed by atoms with Crippen LogP contribution >= 0.6 is 15.9 Å². The lowest BCUT2D eigenvalue weighted by molar-refractivity contribution is 0.0600. The molecule has 2 aromatic heterocycles. The summed E-state index contributed by atoms with van der Waals surface area (Å²) in [5.41, 5.74) is 1.41. The Kier molecular flexibility index (Phi) is 3.71. The predicted octanol–water partition coefficient (Wildman–Crippen LogP) is 3.08. The van der Waals surface area contributed by atoms with Crippen molar-refractivity contribution in [3.8, 4) is 0 Å². The molecule has 0 saturated heterocycles. The first-order chi connectivity index (χ1) is 8.52. The van der Waals surface area contributed by atoms with Gasteiger partial charge in [-0.15, -0.1) is 0 Å². The van der Waals surface area contributed by atoms with E-state index in [1.165, 1.54) is 7.11 Å². The van der Waals surface area contributed by atoms with Gasteiger partial charge in [0.15, 0.2) is 0 Å². The molecule has 0 aliphatic heterocycles. The molecule has 0 fully saturated rings. The van der Waals surface area contributed by atoms with Crippen molar-refractivity contribution in [2.75, 3.05) is 7.11 Å². The van der Waals surface area contributed by atoms with Crippen molar-refractivity contribution in [3.63, 3.8) is 0 Å². The molecule has 4 nitrogen and oxygen atoms in total. The molecular formula is C13H15BrN2O2. The van der Waals surface area contributed by atoms with Crippen LogP contribution in [-0.2, 0) is 11.2 Å². The molecule has 0 N–H and O–H groups in total. The van der Waals surface area contributed by atoms with Gasteiger partial charge in [0.1, 0.15) is 10.4 Å². The van der Waals surface area contributed by atoms with Crippen molar-refractivity contribution < 1.29 is 9.53 Å². The number of pyridine rings is 1. The number of hydrogen-bond acceptors (Lipinski definition) is 3. The zero-order chi connectivity index (χ0) is 13.3. The van der Waals surface area contributed by atoms with Gasteiger partial charge >= 0.3 is 5.97 Å². The number of aromatic nitrogens is 2. The lowest BCUT2D eigenvalue weighted by Crippen LogP contribution is -2.03. The van der Waals surface area contributed by atoms with Gasteiger partial charge < -0.3 is 9.14 Å². The Labute approximate surface area is 114 Å². The molecular weight excluding hydrogens is 296 g/mol. The summed E-state index contributed by atoms with van der Waals surface area (Å²) in [5.74, 6) is 1.18. The van der Waals surface area contributed by atoms with E-state index in [-0.39, 0.29) is 5.97 Å². The van der Waals surface area contributed by atoms with Crippen LogP contribution in [-0.4, -0.2) is 22.5 Å². The third kappa shape index (κ3) is 2.41. The topological polar surface area (TPSA) is 43.6 Å². The second kappa shape index (κ2) is 5.10. The minimum atomic E-state index is -0.337. The van der Waals surface area contributed by atoms with Crippen molar-refractivity contribution in [3.05, 3.63) is 34.3 Å². The standard InChI is InChI=1S/C13H15BrN2O2/c1-8(2)6-11-15-12(14)10-7-9(13(17)18-3)4-5-16(10)11/h4-5,7-8H,6H2,1-3H3. The van der Waals surface area contributed by atoms with Crippen molar-refractivity contribution >= 4 is 27.4 Å². The first-order valence-corrected chi connectivity index (χ1v) is 6.57. The lowest BCUT2D eigenvalue weighted by Gasteiger charge is -2.05. The van der Waals surface area contributed by atoms with Crippen LogP contribution in [0.3, 0.4) is 0 Å². The fourth-order valence-corrected chi connectivity index (χ4v) is 2.37. The number of fused-ring (bicyclic) bond motifs is 1. The molecule has 0 aliphatic rings. The monoisotopic (exact) mass is 310 g/mol. The predicted molar refractivity (Wildman–Crippen MR) is 72.8 cm³/mol. The number of esters is 1. The van der Waals surface area contributed by atoms with Gasteiger partial charge in [-0.05, 0) is 34.0 Å². The van der Waals surface area contributed by atoms with E-state index >= 15 is 0 Å². The van der Waals surface area contributed by atoms with Gasteiger partial charge in [0.05, 0.1) is 18.2 Å². The van der Waals surface area contributed by atoms with Crippen molar-refractivity contribution in [2.24, 2.45) is 5.92 Å². The highest BCUT2D eigenvalue weighted by molar-refractivity contribution is 9.10. The van der Waals surface area contributed by atoms with Gasteiger partial charge in [0.2, 0.25) is 0 Å². The maximum Gasteiger partial charge on any atom is 0.337 e. The molecule has 0 bridgehead atoms. The SMILES string of the molecule is COC(=O)c1ccn2c(CC(C)C)nc(Br)c2c1. The van der Waals surface area contributed by atoms with Crippen LogP contribution in [0.15, 0.2) is 22.9 Å². The lowest BCUT2D eigenvalue weighted by atomic mass is 10.1. The Balaban J connectivity index is 2.51. The zero-order valence-corrected chi connectivity index (χ0v) is 12.2. The second-order valence-electron chi connectivity index (χ2n) is 4.58. The molecule has 0 radical (unpaired) electrons. The van der Waals surface area contributed by atoms with Crippen LogP contribution in [0.2, 0.25) is 0 Å². The van der Waals surface area contributed by atoms with E-state index in [0.29, 0.717) is 11.5 Å². The number of carbonyl (C=O) groups excluding carboxylic acids is 1. The minimum absolute atomic E-state index is 0.337. The van der Waals surface area contributed by atoms with Gasteiger partial charge in [-0.25, -0.2) is 9.78 Å². The molecule has 0 saturated carbocycles. The molecule has 0 amide bonds. The summed E-state index contributed by atoms with van der Waals surface area (Å²) in [7, 11) is 1.38. The summed E-state index contributed by atoms with van der Waals surface area (Å²) in [6, 6.07) is 3.53. The Morgan fingerprint density at radius 2 is 2.28 bits per heavy atom. The summed E-state index contributed by atoms with van der Waals surface area (Å²) in [6.07, 6.45) is 2.75. The Morgan fingerprint density at radius 3 is 2.89 bits per heavy atom. The smallest absolute Gasteiger partial charge is 0.337 e. The number of hydrogen-bond donors (Lipinski definition) is 0. The van der Waals surface area contributed by atoms with Crippen LogP contribution in [0, 0.1) is 5.92 Å². The molecule has 0 atom stereocenters. The number of carbonyl (C=O) groups is 1. The minimum Gasteiger partial charge on any atom is -0.465 e. The fourth-order valence-electron chi connectivity index (χ4n) is 1.86. The third-order valence-electron chi connectivity index (χ3n) is 2.68. The largest absolute Gasteiger partial charge is 0.465 e. The summed E-state index contributed by atoms with van der Waals surface area (Å²) >= 11 is 3.43. The van der Waals surface area contributed by atoms with Crippen LogP contribution in [0.1, 0.15) is 30.0 Å². The maximum absolute atomic E-state index is 11.5. The molecule has 2 aromatic rings. The van der Waals surface area contributed by atoms with Crippen molar-refractivity contribution in [2.45, 2.75) is 20.3 Å². The first kappa shape index (κ1) is 13.1. The molecule has 2 heterocycles. The number of halogens is 1. The zero-order valence-electron chi connectivity index (χ0n) is 10.6. The van der Waals surface area contributed by atoms with E-state index in [9.17, 15) is 4.79 Å². The summed E-state index contributed by atoms with van der Waals surface area (Å²) in [6.45, 7) is 4.30. The molecule has 0 aromatic carbocycles. The highest BCUT2D eigenvalue weighted by Crippen LogP contribution is 2.22. The average molecular weight is 311 g/mol. The van der Waals surface area contributed by atoms with Gasteiger partial charge in [0, 0.05) is 12.6 Å². The quantitative estimate of drug-likeness (QED) is 0.818. The number of ether oxygens (including phenoxy) is 1. The van der Waals surface area contributed by atoms with Crippen LogP contribution in [0.25, 0.3) is 5.52 Å². The first-order valence-electron chi connectivity index (χ1n) is 5.77. The normalized spacial score (nSPS) is 11.2. The number of imidazole rings is 1. The number of methoxy groups -OCH3 is 1. The number of rotatable bonds is 3. The Hall–Kier alpha value is -1.36.